The molecule has 0 saturated carbocycles. The molecule has 0 radical (unpaired) electrons. The van der Waals surface area contributed by atoms with Gasteiger partial charge >= 0.3 is 0 Å². The molecule has 0 atom stereocenters. The second-order valence-electron chi connectivity index (χ2n) is 7.45. The molecule has 8 heteroatoms. The summed E-state index contributed by atoms with van der Waals surface area (Å²) in [6.45, 7) is 8.27. The number of hydrogen-bond acceptors (Lipinski definition) is 5. The van der Waals surface area contributed by atoms with Crippen molar-refractivity contribution < 1.29 is 4.39 Å². The predicted octanol–water partition coefficient (Wildman–Crippen LogP) is 2.76. The molecule has 7 nitrogen and oxygen atoms in total. The second kappa shape index (κ2) is 8.18. The fourth-order valence-corrected chi connectivity index (χ4v) is 3.98. The predicted molar refractivity (Wildman–Crippen MR) is 103 cm³/mol. The van der Waals surface area contributed by atoms with Crippen molar-refractivity contribution in [1.29, 1.82) is 0 Å². The Labute approximate surface area is 164 Å². The minimum absolute atomic E-state index is 0.136. The maximum atomic E-state index is 13.5. The Balaban J connectivity index is 1.39. The highest BCUT2D eigenvalue weighted by molar-refractivity contribution is 5.24. The van der Waals surface area contributed by atoms with Crippen LogP contribution in [0.3, 0.4) is 0 Å². The molecule has 1 fully saturated rings. The lowest BCUT2D eigenvalue weighted by Crippen LogP contribution is -2.33. The average molecular weight is 383 g/mol. The number of hydrogen-bond donors (Lipinski definition) is 0. The van der Waals surface area contributed by atoms with Crippen LogP contribution in [0.1, 0.15) is 48.5 Å². The average Bonchev–Trinajstić information content (AvgIpc) is 3.35. The van der Waals surface area contributed by atoms with E-state index < -0.39 is 0 Å². The Kier molecular flexibility index (Phi) is 5.47. The molecule has 148 valence electrons. The number of aryl methyl sites for hydroxylation is 1. The molecule has 1 aliphatic heterocycles. The monoisotopic (exact) mass is 383 g/mol. The Bertz CT molecular complexity index is 911. The van der Waals surface area contributed by atoms with Gasteiger partial charge in [-0.1, -0.05) is 12.1 Å². The van der Waals surface area contributed by atoms with Gasteiger partial charge in [0, 0.05) is 19.0 Å². The van der Waals surface area contributed by atoms with Crippen LogP contribution in [0.5, 0.6) is 0 Å². The molecule has 1 aliphatic rings. The summed E-state index contributed by atoms with van der Waals surface area (Å²) in [5, 5.41) is 13.1. The molecule has 0 bridgehead atoms. The van der Waals surface area contributed by atoms with E-state index in [1.807, 2.05) is 19.1 Å². The van der Waals surface area contributed by atoms with Crippen molar-refractivity contribution in [2.45, 2.75) is 52.2 Å². The fraction of sp³-hybridized carbons (Fsp3) is 0.500. The highest BCUT2D eigenvalue weighted by Crippen LogP contribution is 2.28. The van der Waals surface area contributed by atoms with E-state index in [0.717, 1.165) is 50.7 Å². The van der Waals surface area contributed by atoms with Gasteiger partial charge in [0.1, 0.15) is 30.8 Å². The molecule has 3 aromatic rings. The Morgan fingerprint density at radius 3 is 2.64 bits per heavy atom. The summed E-state index contributed by atoms with van der Waals surface area (Å²) < 4.78 is 17.5. The summed E-state index contributed by atoms with van der Waals surface area (Å²) in [7, 11) is 0. The minimum atomic E-state index is -0.136. The van der Waals surface area contributed by atoms with Gasteiger partial charge in [0.05, 0.1) is 0 Å². The minimum Gasteiger partial charge on any atom is -0.313 e. The maximum Gasteiger partial charge on any atom is 0.154 e. The van der Waals surface area contributed by atoms with Gasteiger partial charge in [0.2, 0.25) is 0 Å². The first-order valence-electron chi connectivity index (χ1n) is 9.85. The third-order valence-electron chi connectivity index (χ3n) is 5.52. The summed E-state index contributed by atoms with van der Waals surface area (Å²) >= 11 is 0. The van der Waals surface area contributed by atoms with E-state index in [9.17, 15) is 4.39 Å². The largest absolute Gasteiger partial charge is 0.313 e. The number of nitrogens with zero attached hydrogens (tertiary/aromatic N) is 7. The van der Waals surface area contributed by atoms with Gasteiger partial charge < -0.3 is 4.57 Å². The molecule has 28 heavy (non-hydrogen) atoms. The van der Waals surface area contributed by atoms with E-state index in [0.29, 0.717) is 18.0 Å². The van der Waals surface area contributed by atoms with Gasteiger partial charge in [0.15, 0.2) is 5.82 Å². The zero-order valence-electron chi connectivity index (χ0n) is 16.4. The van der Waals surface area contributed by atoms with Crippen molar-refractivity contribution in [3.63, 3.8) is 0 Å². The molecule has 4 rings (SSSR count). The van der Waals surface area contributed by atoms with E-state index >= 15 is 0 Å². The lowest BCUT2D eigenvalue weighted by Gasteiger charge is -2.31. The summed E-state index contributed by atoms with van der Waals surface area (Å²) in [6.07, 6.45) is 5.35. The van der Waals surface area contributed by atoms with Crippen molar-refractivity contribution >= 4 is 0 Å². The number of rotatable bonds is 6. The molecular weight excluding hydrogens is 357 g/mol. The highest BCUT2D eigenvalue weighted by atomic mass is 19.1. The molecule has 3 heterocycles. The molecular formula is C20H26FN7. The molecule has 0 aliphatic carbocycles. The summed E-state index contributed by atoms with van der Waals surface area (Å²) in [6, 6.07) is 5.40. The van der Waals surface area contributed by atoms with Crippen LogP contribution < -0.4 is 0 Å². The molecule has 0 N–H and O–H groups in total. The first kappa shape index (κ1) is 18.7. The molecule has 0 amide bonds. The molecule has 2 aromatic heterocycles. The van der Waals surface area contributed by atoms with Crippen molar-refractivity contribution in [1.82, 2.24) is 34.4 Å². The number of halogens is 1. The van der Waals surface area contributed by atoms with Crippen LogP contribution in [0.15, 0.2) is 30.9 Å². The number of aromatic nitrogens is 6. The maximum absolute atomic E-state index is 13.5. The Morgan fingerprint density at radius 2 is 1.96 bits per heavy atom. The highest BCUT2D eigenvalue weighted by Gasteiger charge is 2.26. The van der Waals surface area contributed by atoms with Crippen LogP contribution in [0.25, 0.3) is 0 Å². The third-order valence-corrected chi connectivity index (χ3v) is 5.52. The van der Waals surface area contributed by atoms with Crippen molar-refractivity contribution in [2.75, 3.05) is 13.1 Å². The van der Waals surface area contributed by atoms with Crippen LogP contribution >= 0.6 is 0 Å². The fourth-order valence-electron chi connectivity index (χ4n) is 3.98. The van der Waals surface area contributed by atoms with Crippen LogP contribution in [0, 0.1) is 12.7 Å². The second-order valence-corrected chi connectivity index (χ2v) is 7.45. The van der Waals surface area contributed by atoms with E-state index in [1.165, 1.54) is 11.9 Å². The van der Waals surface area contributed by atoms with Gasteiger partial charge in [-0.25, -0.2) is 14.1 Å². The van der Waals surface area contributed by atoms with Crippen molar-refractivity contribution in [3.8, 4) is 0 Å². The van der Waals surface area contributed by atoms with Crippen LogP contribution in [0.4, 0.5) is 4.39 Å². The van der Waals surface area contributed by atoms with Crippen LogP contribution in [0.2, 0.25) is 0 Å². The van der Waals surface area contributed by atoms with Gasteiger partial charge in [-0.15, -0.1) is 10.2 Å². The lowest BCUT2D eigenvalue weighted by molar-refractivity contribution is 0.200. The molecule has 1 aromatic carbocycles. The smallest absolute Gasteiger partial charge is 0.154 e. The Morgan fingerprint density at radius 1 is 1.14 bits per heavy atom. The number of likely N-dealkylation sites (tertiary alicyclic amines) is 1. The molecule has 0 spiro atoms. The number of piperidine rings is 1. The summed E-state index contributed by atoms with van der Waals surface area (Å²) in [4.78, 5) is 6.43. The SMILES string of the molecule is CCn1c(Cn2cncn2)nnc1C1CCN(Cc2ccc(F)c(C)c2)CC1. The van der Waals surface area contributed by atoms with E-state index in [1.54, 1.807) is 17.1 Å². The van der Waals surface area contributed by atoms with Crippen molar-refractivity contribution in [2.24, 2.45) is 0 Å². The normalized spacial score (nSPS) is 16.0. The van der Waals surface area contributed by atoms with Crippen LogP contribution in [-0.2, 0) is 19.6 Å². The van der Waals surface area contributed by atoms with Gasteiger partial charge in [-0.05, 0) is 57.0 Å². The third kappa shape index (κ3) is 3.96. The first-order valence-corrected chi connectivity index (χ1v) is 9.85. The zero-order valence-corrected chi connectivity index (χ0v) is 16.4. The number of benzene rings is 1. The lowest BCUT2D eigenvalue weighted by atomic mass is 9.95. The molecule has 1 saturated heterocycles. The quantitative estimate of drug-likeness (QED) is 0.655. The topological polar surface area (TPSA) is 64.7 Å². The van der Waals surface area contributed by atoms with Gasteiger partial charge in [-0.3, -0.25) is 4.90 Å². The summed E-state index contributed by atoms with van der Waals surface area (Å²) in [5.74, 6) is 2.29. The molecule has 0 unspecified atom stereocenters. The summed E-state index contributed by atoms with van der Waals surface area (Å²) in [5.41, 5.74) is 1.88. The van der Waals surface area contributed by atoms with Gasteiger partial charge in [-0.2, -0.15) is 5.10 Å². The van der Waals surface area contributed by atoms with Gasteiger partial charge in [0.25, 0.3) is 0 Å². The van der Waals surface area contributed by atoms with E-state index in [-0.39, 0.29) is 5.82 Å². The van der Waals surface area contributed by atoms with E-state index in [2.05, 4.69) is 36.7 Å². The van der Waals surface area contributed by atoms with E-state index in [4.69, 9.17) is 0 Å². The van der Waals surface area contributed by atoms with Crippen molar-refractivity contribution in [3.05, 3.63) is 59.4 Å². The standard InChI is InChI=1S/C20H26FN7/c1-3-28-19(12-27-14-22-13-23-27)24-25-20(28)17-6-8-26(9-7-17)11-16-4-5-18(21)15(2)10-16/h4-5,10,13-14,17H,3,6-9,11-12H2,1-2H3. The zero-order chi connectivity index (χ0) is 19.5. The Hall–Kier alpha value is -2.61. The first-order chi connectivity index (χ1) is 13.6. The van der Waals surface area contributed by atoms with Crippen LogP contribution in [-0.4, -0.2) is 47.5 Å².